The summed E-state index contributed by atoms with van der Waals surface area (Å²) in [6, 6.07) is 0. The smallest absolute Gasteiger partial charge is 0.748 e. The standard InChI is InChI=1S/C2H5IO3S.Na/c3-1-2-7(4,5)6;/h1-2H2,(H,4,5,6);/q;+1/p-1. The number of alkyl halides is 1. The maximum atomic E-state index is 9.67. The first-order valence-corrected chi connectivity index (χ1v) is 4.66. The molecule has 0 aromatic heterocycles. The molecule has 0 aliphatic rings. The molecule has 0 aliphatic carbocycles. The van der Waals surface area contributed by atoms with Crippen LogP contribution in [0.3, 0.4) is 0 Å². The van der Waals surface area contributed by atoms with E-state index < -0.39 is 10.1 Å². The van der Waals surface area contributed by atoms with Gasteiger partial charge in [-0.15, -0.1) is 0 Å². The molecule has 0 aromatic rings. The molecule has 0 rings (SSSR count). The molecular formula is C2H4INaO3S. The third-order valence-corrected chi connectivity index (χ3v) is 2.30. The Morgan fingerprint density at radius 1 is 1.50 bits per heavy atom. The van der Waals surface area contributed by atoms with Crippen LogP contribution < -0.4 is 29.6 Å². The average molecular weight is 258 g/mol. The molecule has 0 aliphatic heterocycles. The first kappa shape index (κ1) is 12.3. The van der Waals surface area contributed by atoms with E-state index in [1.807, 2.05) is 22.6 Å². The van der Waals surface area contributed by atoms with Crippen molar-refractivity contribution in [3.63, 3.8) is 0 Å². The maximum Gasteiger partial charge on any atom is 1.00 e. The van der Waals surface area contributed by atoms with E-state index in [-0.39, 0.29) is 35.3 Å². The van der Waals surface area contributed by atoms with Gasteiger partial charge in [-0.05, 0) is 0 Å². The predicted molar refractivity (Wildman–Crippen MR) is 33.5 cm³/mol. The molecule has 0 atom stereocenters. The Kier molecular flexibility index (Phi) is 8.36. The first-order valence-electron chi connectivity index (χ1n) is 1.56. The van der Waals surface area contributed by atoms with Gasteiger partial charge in [-0.25, -0.2) is 8.42 Å². The van der Waals surface area contributed by atoms with Crippen LogP contribution in [-0.4, -0.2) is 23.2 Å². The van der Waals surface area contributed by atoms with Crippen molar-refractivity contribution in [2.75, 3.05) is 10.2 Å². The molecule has 0 amide bonds. The van der Waals surface area contributed by atoms with Gasteiger partial charge in [0.2, 0.25) is 0 Å². The van der Waals surface area contributed by atoms with Gasteiger partial charge in [-0.2, -0.15) is 0 Å². The Morgan fingerprint density at radius 3 is 1.88 bits per heavy atom. The molecule has 8 heavy (non-hydrogen) atoms. The Bertz CT molecular complexity index is 130. The van der Waals surface area contributed by atoms with Crippen LogP contribution in [0, 0.1) is 0 Å². The normalized spacial score (nSPS) is 10.2. The monoisotopic (exact) mass is 258 g/mol. The molecule has 0 fully saturated rings. The van der Waals surface area contributed by atoms with Crippen LogP contribution >= 0.6 is 22.6 Å². The van der Waals surface area contributed by atoms with E-state index in [1.54, 1.807) is 0 Å². The van der Waals surface area contributed by atoms with Gasteiger partial charge in [0.15, 0.2) is 0 Å². The van der Waals surface area contributed by atoms with Crippen LogP contribution in [0.1, 0.15) is 0 Å². The van der Waals surface area contributed by atoms with Crippen LogP contribution in [0.2, 0.25) is 0 Å². The molecule has 0 heterocycles. The van der Waals surface area contributed by atoms with E-state index in [0.717, 1.165) is 0 Å². The summed E-state index contributed by atoms with van der Waals surface area (Å²) in [5.41, 5.74) is 0. The molecule has 0 aromatic carbocycles. The SMILES string of the molecule is O=S(=O)([O-])CCI.[Na+]. The molecule has 44 valence electrons. The summed E-state index contributed by atoms with van der Waals surface area (Å²) >= 11 is 1.83. The Hall–Kier alpha value is 1.64. The van der Waals surface area contributed by atoms with Crippen LogP contribution in [-0.2, 0) is 10.1 Å². The molecule has 0 N–H and O–H groups in total. The molecule has 0 unspecified atom stereocenters. The van der Waals surface area contributed by atoms with Crippen molar-refractivity contribution in [3.8, 4) is 0 Å². The second-order valence-corrected chi connectivity index (χ2v) is 3.55. The van der Waals surface area contributed by atoms with Gasteiger partial charge in [0.05, 0.1) is 10.1 Å². The Morgan fingerprint density at radius 2 is 1.88 bits per heavy atom. The fourth-order valence-electron chi connectivity index (χ4n) is 0.0945. The summed E-state index contributed by atoms with van der Waals surface area (Å²) in [6.45, 7) is 0. The van der Waals surface area contributed by atoms with Gasteiger partial charge in [-0.1, -0.05) is 22.6 Å². The van der Waals surface area contributed by atoms with Crippen molar-refractivity contribution in [1.29, 1.82) is 0 Å². The maximum absolute atomic E-state index is 9.67. The van der Waals surface area contributed by atoms with Crippen LogP contribution in [0.5, 0.6) is 0 Å². The fraction of sp³-hybridized carbons (Fsp3) is 1.00. The van der Waals surface area contributed by atoms with Gasteiger partial charge in [0.25, 0.3) is 0 Å². The largest absolute Gasteiger partial charge is 1.00 e. The molecular weight excluding hydrogens is 254 g/mol. The quantitative estimate of drug-likeness (QED) is 0.229. The molecule has 0 saturated carbocycles. The first-order chi connectivity index (χ1) is 3.06. The van der Waals surface area contributed by atoms with Crippen molar-refractivity contribution in [1.82, 2.24) is 0 Å². The minimum absolute atomic E-state index is 0. The molecule has 0 saturated heterocycles. The summed E-state index contributed by atoms with van der Waals surface area (Å²) in [7, 11) is -3.93. The third kappa shape index (κ3) is 10.6. The molecule has 3 nitrogen and oxygen atoms in total. The zero-order valence-corrected chi connectivity index (χ0v) is 9.40. The second kappa shape index (κ2) is 5.43. The Labute approximate surface area is 84.4 Å². The Balaban J connectivity index is 0. The summed E-state index contributed by atoms with van der Waals surface area (Å²) < 4.78 is 29.4. The second-order valence-electron chi connectivity index (χ2n) is 0.951. The fourth-order valence-corrected chi connectivity index (χ4v) is 1.90. The number of hydrogen-bond acceptors (Lipinski definition) is 3. The van der Waals surface area contributed by atoms with Gasteiger partial charge in [0.1, 0.15) is 0 Å². The van der Waals surface area contributed by atoms with E-state index in [0.29, 0.717) is 4.43 Å². The van der Waals surface area contributed by atoms with E-state index in [2.05, 4.69) is 0 Å². The zero-order chi connectivity index (χ0) is 5.91. The summed E-state index contributed by atoms with van der Waals surface area (Å²) in [4.78, 5) is 0. The van der Waals surface area contributed by atoms with Gasteiger partial charge < -0.3 is 4.55 Å². The molecule has 6 heteroatoms. The minimum Gasteiger partial charge on any atom is -0.748 e. The van der Waals surface area contributed by atoms with Crippen LogP contribution in [0.25, 0.3) is 0 Å². The van der Waals surface area contributed by atoms with E-state index in [9.17, 15) is 13.0 Å². The van der Waals surface area contributed by atoms with E-state index >= 15 is 0 Å². The van der Waals surface area contributed by atoms with Crippen molar-refractivity contribution in [2.45, 2.75) is 0 Å². The third-order valence-electron chi connectivity index (χ3n) is 0.327. The van der Waals surface area contributed by atoms with E-state index in [4.69, 9.17) is 0 Å². The predicted octanol–water partition coefficient (Wildman–Crippen LogP) is -3.03. The molecule has 0 radical (unpaired) electrons. The van der Waals surface area contributed by atoms with Crippen molar-refractivity contribution < 1.29 is 42.5 Å². The number of rotatable bonds is 2. The zero-order valence-electron chi connectivity index (χ0n) is 4.43. The number of halogens is 1. The van der Waals surface area contributed by atoms with Gasteiger partial charge in [0, 0.05) is 10.2 Å². The summed E-state index contributed by atoms with van der Waals surface area (Å²) in [5, 5.41) is 0. The van der Waals surface area contributed by atoms with E-state index in [1.165, 1.54) is 0 Å². The van der Waals surface area contributed by atoms with Gasteiger partial charge in [-0.3, -0.25) is 0 Å². The topological polar surface area (TPSA) is 57.2 Å². The minimum atomic E-state index is -3.93. The molecule has 0 spiro atoms. The average Bonchev–Trinajstić information content (AvgIpc) is 1.30. The van der Waals surface area contributed by atoms with Crippen LogP contribution in [0.4, 0.5) is 0 Å². The summed E-state index contributed by atoms with van der Waals surface area (Å²) in [6.07, 6.45) is 0. The summed E-state index contributed by atoms with van der Waals surface area (Å²) in [5.74, 6) is -0.256. The van der Waals surface area contributed by atoms with Gasteiger partial charge >= 0.3 is 29.6 Å². The number of hydrogen-bond donors (Lipinski definition) is 0. The van der Waals surface area contributed by atoms with Crippen molar-refractivity contribution in [2.24, 2.45) is 0 Å². The van der Waals surface area contributed by atoms with Crippen molar-refractivity contribution in [3.05, 3.63) is 0 Å². The van der Waals surface area contributed by atoms with Crippen molar-refractivity contribution >= 4 is 32.7 Å². The van der Waals surface area contributed by atoms with Crippen LogP contribution in [0.15, 0.2) is 0 Å². The molecule has 0 bridgehead atoms.